The van der Waals surface area contributed by atoms with Gasteiger partial charge in [-0.2, -0.15) is 0 Å². The van der Waals surface area contributed by atoms with E-state index in [1.807, 2.05) is 0 Å². The van der Waals surface area contributed by atoms with Gasteiger partial charge in [0.1, 0.15) is 17.4 Å². The van der Waals surface area contributed by atoms with Crippen LogP contribution in [0.25, 0.3) is 0 Å². The molecule has 0 bridgehead atoms. The number of rotatable bonds is 6. The second kappa shape index (κ2) is 8.99. The number of nitrogens with zero attached hydrogens (tertiary/aromatic N) is 1. The maximum absolute atomic E-state index is 13.7. The lowest BCUT2D eigenvalue weighted by Crippen LogP contribution is -2.70. The normalized spacial score (nSPS) is 21.3. The van der Waals surface area contributed by atoms with Crippen LogP contribution in [0.5, 0.6) is 0 Å². The molecular formula is C18H18FN5O4S. The van der Waals surface area contributed by atoms with Gasteiger partial charge in [-0.05, 0) is 17.7 Å². The third-order valence-corrected chi connectivity index (χ3v) is 5.31. The number of carbonyl (C=O) groups excluding carboxylic acids is 2. The van der Waals surface area contributed by atoms with Gasteiger partial charge >= 0.3 is 0 Å². The molecule has 2 amide bonds. The minimum absolute atomic E-state index is 0.00157. The first-order valence-electron chi connectivity index (χ1n) is 8.57. The summed E-state index contributed by atoms with van der Waals surface area (Å²) < 4.78 is 13.7. The smallest absolute Gasteiger partial charge is 0.269 e. The molecule has 0 aromatic heterocycles. The highest BCUT2D eigenvalue weighted by molar-refractivity contribution is 7.99. The van der Waals surface area contributed by atoms with E-state index in [0.29, 0.717) is 5.75 Å². The second-order valence-corrected chi connectivity index (χ2v) is 7.34. The number of hydrogen-bond donors (Lipinski definition) is 4. The summed E-state index contributed by atoms with van der Waals surface area (Å²) in [6, 6.07) is 10.4. The first-order chi connectivity index (χ1) is 13.8. The number of nitro groups is 1. The Labute approximate surface area is 169 Å². The van der Waals surface area contributed by atoms with Gasteiger partial charge in [0.25, 0.3) is 11.6 Å². The van der Waals surface area contributed by atoms with Crippen molar-refractivity contribution < 1.29 is 18.9 Å². The predicted octanol–water partition coefficient (Wildman–Crippen LogP) is 1.05. The van der Waals surface area contributed by atoms with Crippen LogP contribution in [0, 0.1) is 15.9 Å². The van der Waals surface area contributed by atoms with Gasteiger partial charge in [-0.15, -0.1) is 11.8 Å². The topological polar surface area (TPSA) is 139 Å². The predicted molar refractivity (Wildman–Crippen MR) is 105 cm³/mol. The number of nitrogens with one attached hydrogen (secondary N) is 3. The molecule has 3 unspecified atom stereocenters. The molecule has 1 fully saturated rings. The Morgan fingerprint density at radius 1 is 1.24 bits per heavy atom. The van der Waals surface area contributed by atoms with Crippen molar-refractivity contribution in [2.75, 3.05) is 0 Å². The van der Waals surface area contributed by atoms with Crippen LogP contribution in [-0.4, -0.2) is 34.4 Å². The number of hydrogen-bond acceptors (Lipinski definition) is 7. The summed E-state index contributed by atoms with van der Waals surface area (Å²) in [5, 5.41) is 18.8. The number of non-ortho nitro benzene ring substituents is 1. The number of thioether (sulfide) groups is 1. The molecule has 2 aromatic rings. The van der Waals surface area contributed by atoms with Crippen molar-refractivity contribution in [3.8, 4) is 0 Å². The van der Waals surface area contributed by atoms with E-state index in [-0.39, 0.29) is 11.3 Å². The first kappa shape index (κ1) is 20.7. The molecule has 0 saturated carbocycles. The van der Waals surface area contributed by atoms with Gasteiger partial charge in [-0.3, -0.25) is 25.0 Å². The zero-order valence-corrected chi connectivity index (χ0v) is 15.8. The Hall–Kier alpha value is -3.02. The zero-order valence-electron chi connectivity index (χ0n) is 15.0. The molecule has 1 saturated heterocycles. The van der Waals surface area contributed by atoms with Crippen LogP contribution < -0.4 is 21.7 Å². The van der Waals surface area contributed by atoms with Crippen LogP contribution >= 0.6 is 11.8 Å². The number of amides is 2. The van der Waals surface area contributed by atoms with Gasteiger partial charge in [0, 0.05) is 17.9 Å². The Balaban J connectivity index is 1.55. The van der Waals surface area contributed by atoms with E-state index in [0.717, 1.165) is 11.6 Å². The third-order valence-electron chi connectivity index (χ3n) is 4.23. The minimum atomic E-state index is -1.07. The van der Waals surface area contributed by atoms with E-state index in [4.69, 9.17) is 5.73 Å². The zero-order chi connectivity index (χ0) is 21.0. The molecule has 0 radical (unpaired) electrons. The lowest BCUT2D eigenvalue weighted by atomic mass is 10.1. The third kappa shape index (κ3) is 5.08. The SMILES string of the molecule is NC1NC(SCc2ccc([N+](=O)[O-])cc2)NC(=O)C1NC(=O)c1ccccc1F. The summed E-state index contributed by atoms with van der Waals surface area (Å²) in [4.78, 5) is 34.8. The fourth-order valence-corrected chi connectivity index (χ4v) is 3.70. The van der Waals surface area contributed by atoms with Gasteiger partial charge in [0.2, 0.25) is 5.91 Å². The van der Waals surface area contributed by atoms with E-state index in [1.165, 1.54) is 42.1 Å². The van der Waals surface area contributed by atoms with Crippen molar-refractivity contribution in [1.29, 1.82) is 0 Å². The second-order valence-electron chi connectivity index (χ2n) is 6.25. The summed E-state index contributed by atoms with van der Waals surface area (Å²) in [7, 11) is 0. The Morgan fingerprint density at radius 2 is 1.93 bits per heavy atom. The van der Waals surface area contributed by atoms with E-state index in [1.54, 1.807) is 12.1 Å². The number of nitrogens with two attached hydrogens (primary N) is 1. The fraction of sp³-hybridized carbons (Fsp3) is 0.222. The minimum Gasteiger partial charge on any atom is -0.338 e. The van der Waals surface area contributed by atoms with Gasteiger partial charge < -0.3 is 16.4 Å². The molecule has 1 aliphatic heterocycles. The van der Waals surface area contributed by atoms with Gasteiger partial charge in [0.05, 0.1) is 16.7 Å². The maximum atomic E-state index is 13.7. The maximum Gasteiger partial charge on any atom is 0.269 e. The monoisotopic (exact) mass is 419 g/mol. The van der Waals surface area contributed by atoms with E-state index in [2.05, 4.69) is 16.0 Å². The number of benzene rings is 2. The van der Waals surface area contributed by atoms with Gasteiger partial charge in [-0.25, -0.2) is 4.39 Å². The average molecular weight is 419 g/mol. The van der Waals surface area contributed by atoms with Gasteiger partial charge in [0.15, 0.2) is 0 Å². The van der Waals surface area contributed by atoms with Crippen LogP contribution in [0.4, 0.5) is 10.1 Å². The highest BCUT2D eigenvalue weighted by Crippen LogP contribution is 2.20. The Kier molecular flexibility index (Phi) is 6.42. The number of nitro benzene ring substituents is 1. The van der Waals surface area contributed by atoms with Crippen molar-refractivity contribution in [3.63, 3.8) is 0 Å². The van der Waals surface area contributed by atoms with Crippen LogP contribution in [0.2, 0.25) is 0 Å². The Bertz CT molecular complexity index is 927. The Morgan fingerprint density at radius 3 is 2.55 bits per heavy atom. The van der Waals surface area contributed by atoms with Crippen LogP contribution in [-0.2, 0) is 10.5 Å². The van der Waals surface area contributed by atoms with Crippen LogP contribution in [0.3, 0.4) is 0 Å². The molecule has 3 atom stereocenters. The van der Waals surface area contributed by atoms with E-state index >= 15 is 0 Å². The van der Waals surface area contributed by atoms with Crippen molar-refractivity contribution in [1.82, 2.24) is 16.0 Å². The molecule has 0 spiro atoms. The van der Waals surface area contributed by atoms with Crippen molar-refractivity contribution in [3.05, 3.63) is 75.6 Å². The molecule has 3 rings (SSSR count). The lowest BCUT2D eigenvalue weighted by molar-refractivity contribution is -0.384. The van der Waals surface area contributed by atoms with E-state index in [9.17, 15) is 24.1 Å². The number of carbonyl (C=O) groups is 2. The fourth-order valence-electron chi connectivity index (χ4n) is 2.70. The molecule has 5 N–H and O–H groups in total. The van der Waals surface area contributed by atoms with Crippen molar-refractivity contribution in [2.45, 2.75) is 23.5 Å². The van der Waals surface area contributed by atoms with Crippen molar-refractivity contribution in [2.24, 2.45) is 5.73 Å². The van der Waals surface area contributed by atoms with Gasteiger partial charge in [-0.1, -0.05) is 24.3 Å². The van der Waals surface area contributed by atoms with Crippen LogP contribution in [0.15, 0.2) is 48.5 Å². The number of halogens is 1. The molecule has 152 valence electrons. The van der Waals surface area contributed by atoms with E-state index < -0.39 is 40.3 Å². The summed E-state index contributed by atoms with van der Waals surface area (Å²) in [6.07, 6.45) is -0.881. The highest BCUT2D eigenvalue weighted by Gasteiger charge is 2.35. The summed E-state index contributed by atoms with van der Waals surface area (Å²) in [5.74, 6) is -1.46. The quantitative estimate of drug-likeness (QED) is 0.405. The molecule has 2 aromatic carbocycles. The lowest BCUT2D eigenvalue weighted by Gasteiger charge is -2.35. The molecule has 0 aliphatic carbocycles. The molecule has 1 aliphatic rings. The molecule has 29 heavy (non-hydrogen) atoms. The average Bonchev–Trinajstić information content (AvgIpc) is 2.69. The molecule has 9 nitrogen and oxygen atoms in total. The largest absolute Gasteiger partial charge is 0.338 e. The summed E-state index contributed by atoms with van der Waals surface area (Å²) in [5.41, 5.74) is 6.11. The summed E-state index contributed by atoms with van der Waals surface area (Å²) >= 11 is 1.33. The molecule has 11 heteroatoms. The molecule has 1 heterocycles. The first-order valence-corrected chi connectivity index (χ1v) is 9.62. The standard InChI is InChI=1S/C18H18FN5O4S/c19-13-4-2-1-3-12(13)16(25)21-14-15(20)22-18(23-17(14)26)29-9-10-5-7-11(8-6-10)24(27)28/h1-8,14-15,18,22H,9,20H2,(H,21,25)(H,23,26). The van der Waals surface area contributed by atoms with Crippen molar-refractivity contribution >= 4 is 29.3 Å². The summed E-state index contributed by atoms with van der Waals surface area (Å²) in [6.45, 7) is 0. The molecular weight excluding hydrogens is 401 g/mol. The highest BCUT2D eigenvalue weighted by atomic mass is 32.2. The van der Waals surface area contributed by atoms with Crippen LogP contribution in [0.1, 0.15) is 15.9 Å².